The standard InChI is InChI=1S/C25H25N5O6S/c1-15-11-17(19-5-3-4-6-20(19)26-15)13-36-18-9-7-16(8-10-18)22(31)27-21-12-30(37(2,34)35)14-25(21)23(32)28-24(33)29-25/h3-11,21H,12-14H2,1-2H3,(H,27,31)(H2,28,29,32,33)/t21-,25+/m1/s1. The van der Waals surface area contributed by atoms with Gasteiger partial charge in [-0.25, -0.2) is 13.2 Å². The number of pyridine rings is 1. The van der Waals surface area contributed by atoms with Crippen molar-refractivity contribution in [2.24, 2.45) is 0 Å². The van der Waals surface area contributed by atoms with Crippen LogP contribution in [0.2, 0.25) is 0 Å². The topological polar surface area (TPSA) is 147 Å². The summed E-state index contributed by atoms with van der Waals surface area (Å²) in [4.78, 5) is 41.9. The van der Waals surface area contributed by atoms with Crippen LogP contribution in [0.5, 0.6) is 5.75 Å². The molecular weight excluding hydrogens is 498 g/mol. The maximum Gasteiger partial charge on any atom is 0.322 e. The van der Waals surface area contributed by atoms with Crippen molar-refractivity contribution in [3.63, 3.8) is 0 Å². The van der Waals surface area contributed by atoms with Crippen LogP contribution in [0.1, 0.15) is 21.6 Å². The molecule has 3 heterocycles. The van der Waals surface area contributed by atoms with E-state index in [4.69, 9.17) is 4.74 Å². The highest BCUT2D eigenvalue weighted by Gasteiger charge is 2.59. The molecule has 11 nitrogen and oxygen atoms in total. The number of ether oxygens (including phenoxy) is 1. The number of carbonyl (C=O) groups excluding carboxylic acids is 3. The number of nitrogens with one attached hydrogen (secondary N) is 3. The number of carbonyl (C=O) groups is 3. The first-order valence-electron chi connectivity index (χ1n) is 11.5. The van der Waals surface area contributed by atoms with Gasteiger partial charge in [0, 0.05) is 35.3 Å². The average molecular weight is 524 g/mol. The molecule has 2 aromatic carbocycles. The number of amides is 4. The Morgan fingerprint density at radius 3 is 2.59 bits per heavy atom. The fourth-order valence-electron chi connectivity index (χ4n) is 4.72. The normalized spacial score (nSPS) is 21.7. The maximum absolute atomic E-state index is 13.0. The lowest BCUT2D eigenvalue weighted by Crippen LogP contribution is -2.62. The molecule has 0 aliphatic carbocycles. The van der Waals surface area contributed by atoms with Crippen LogP contribution in [-0.2, 0) is 21.4 Å². The molecule has 5 rings (SSSR count). The number of urea groups is 1. The number of rotatable bonds is 6. The fourth-order valence-corrected chi connectivity index (χ4v) is 5.57. The smallest absolute Gasteiger partial charge is 0.322 e. The second-order valence-corrected chi connectivity index (χ2v) is 11.2. The summed E-state index contributed by atoms with van der Waals surface area (Å²) in [7, 11) is -3.66. The van der Waals surface area contributed by atoms with E-state index in [2.05, 4.69) is 20.9 Å². The fraction of sp³-hybridized carbons (Fsp3) is 0.280. The molecule has 3 aromatic rings. The molecular formula is C25H25N5O6S. The van der Waals surface area contributed by atoms with Gasteiger partial charge in [0.1, 0.15) is 12.4 Å². The van der Waals surface area contributed by atoms with Gasteiger partial charge in [-0.05, 0) is 43.3 Å². The average Bonchev–Trinajstić information content (AvgIpc) is 3.36. The number of imide groups is 1. The van der Waals surface area contributed by atoms with Crippen molar-refractivity contribution in [1.29, 1.82) is 0 Å². The zero-order chi connectivity index (χ0) is 26.4. The summed E-state index contributed by atoms with van der Waals surface area (Å²) in [5.41, 5.74) is 1.47. The summed E-state index contributed by atoms with van der Waals surface area (Å²) in [6, 6.07) is 14.5. The lowest BCUT2D eigenvalue weighted by Gasteiger charge is -2.27. The van der Waals surface area contributed by atoms with Crippen LogP contribution in [-0.4, -0.2) is 66.5 Å². The van der Waals surface area contributed by atoms with Gasteiger partial charge in [0.2, 0.25) is 10.0 Å². The van der Waals surface area contributed by atoms with Crippen LogP contribution in [0, 0.1) is 6.92 Å². The molecule has 0 bridgehead atoms. The van der Waals surface area contributed by atoms with E-state index in [1.165, 1.54) is 0 Å². The molecule has 1 aromatic heterocycles. The van der Waals surface area contributed by atoms with Gasteiger partial charge in [-0.15, -0.1) is 0 Å². The zero-order valence-electron chi connectivity index (χ0n) is 20.1. The molecule has 1 spiro atoms. The summed E-state index contributed by atoms with van der Waals surface area (Å²) < 4.78 is 31.2. The van der Waals surface area contributed by atoms with Crippen molar-refractivity contribution in [2.45, 2.75) is 25.1 Å². The molecule has 2 fully saturated rings. The van der Waals surface area contributed by atoms with Crippen molar-refractivity contribution in [3.05, 3.63) is 71.4 Å². The molecule has 2 aliphatic heterocycles. The molecule has 192 valence electrons. The van der Waals surface area contributed by atoms with Crippen molar-refractivity contribution in [2.75, 3.05) is 19.3 Å². The van der Waals surface area contributed by atoms with Gasteiger partial charge in [-0.3, -0.25) is 19.9 Å². The number of aryl methyl sites for hydroxylation is 1. The number of nitrogens with zero attached hydrogens (tertiary/aromatic N) is 2. The summed E-state index contributed by atoms with van der Waals surface area (Å²) in [6.07, 6.45) is 1.01. The van der Waals surface area contributed by atoms with E-state index < -0.39 is 39.4 Å². The lowest BCUT2D eigenvalue weighted by atomic mass is 9.93. The minimum atomic E-state index is -3.66. The highest BCUT2D eigenvalue weighted by Crippen LogP contribution is 2.28. The Morgan fingerprint density at radius 2 is 1.92 bits per heavy atom. The number of fused-ring (bicyclic) bond motifs is 1. The number of aromatic nitrogens is 1. The summed E-state index contributed by atoms with van der Waals surface area (Å²) >= 11 is 0. The minimum Gasteiger partial charge on any atom is -0.489 e. The maximum atomic E-state index is 13.0. The molecule has 0 saturated carbocycles. The third kappa shape index (κ3) is 4.72. The van der Waals surface area contributed by atoms with Crippen molar-refractivity contribution >= 4 is 38.8 Å². The number of para-hydroxylation sites is 1. The largest absolute Gasteiger partial charge is 0.489 e. The Bertz CT molecular complexity index is 1520. The molecule has 3 N–H and O–H groups in total. The van der Waals surface area contributed by atoms with Gasteiger partial charge in [0.25, 0.3) is 11.8 Å². The van der Waals surface area contributed by atoms with Crippen molar-refractivity contribution in [3.8, 4) is 5.75 Å². The van der Waals surface area contributed by atoms with E-state index in [-0.39, 0.29) is 18.7 Å². The Labute approximate surface area is 213 Å². The van der Waals surface area contributed by atoms with E-state index in [9.17, 15) is 22.8 Å². The third-order valence-electron chi connectivity index (χ3n) is 6.59. The predicted octanol–water partition coefficient (Wildman–Crippen LogP) is 1.07. The van der Waals surface area contributed by atoms with Gasteiger partial charge < -0.3 is 15.4 Å². The molecule has 2 aliphatic rings. The third-order valence-corrected chi connectivity index (χ3v) is 7.81. The summed E-state index contributed by atoms with van der Waals surface area (Å²) in [5, 5.41) is 8.35. The van der Waals surface area contributed by atoms with Crippen LogP contribution >= 0.6 is 0 Å². The lowest BCUT2D eigenvalue weighted by molar-refractivity contribution is -0.123. The second kappa shape index (κ2) is 9.12. The van der Waals surface area contributed by atoms with Gasteiger partial charge in [-0.2, -0.15) is 4.31 Å². The first-order valence-corrected chi connectivity index (χ1v) is 13.4. The quantitative estimate of drug-likeness (QED) is 0.410. The van der Waals surface area contributed by atoms with E-state index in [1.807, 2.05) is 37.3 Å². The second-order valence-electron chi connectivity index (χ2n) is 9.21. The first kappa shape index (κ1) is 24.7. The Hall–Kier alpha value is -4.03. The summed E-state index contributed by atoms with van der Waals surface area (Å²) in [6.45, 7) is 1.81. The molecule has 37 heavy (non-hydrogen) atoms. The van der Waals surface area contributed by atoms with E-state index in [0.29, 0.717) is 12.4 Å². The highest BCUT2D eigenvalue weighted by atomic mass is 32.2. The molecule has 0 radical (unpaired) electrons. The zero-order valence-corrected chi connectivity index (χ0v) is 21.0. The van der Waals surface area contributed by atoms with Gasteiger partial charge in [0.05, 0.1) is 17.8 Å². The van der Waals surface area contributed by atoms with Gasteiger partial charge >= 0.3 is 6.03 Å². The number of sulfonamides is 1. The van der Waals surface area contributed by atoms with E-state index >= 15 is 0 Å². The van der Waals surface area contributed by atoms with Gasteiger partial charge in [-0.1, -0.05) is 18.2 Å². The van der Waals surface area contributed by atoms with Crippen LogP contribution in [0.4, 0.5) is 4.79 Å². The minimum absolute atomic E-state index is 0.154. The van der Waals surface area contributed by atoms with Crippen LogP contribution in [0.25, 0.3) is 10.9 Å². The Kier molecular flexibility index (Phi) is 6.08. The van der Waals surface area contributed by atoms with Crippen LogP contribution < -0.4 is 20.7 Å². The number of hydrogen-bond acceptors (Lipinski definition) is 7. The molecule has 2 atom stereocenters. The van der Waals surface area contributed by atoms with Crippen molar-refractivity contribution < 1.29 is 27.5 Å². The SMILES string of the molecule is Cc1cc(COc2ccc(C(=O)N[C@@H]3CN(S(C)(=O)=O)C[C@]34NC(=O)NC4=O)cc2)c2ccccc2n1. The molecule has 2 saturated heterocycles. The Morgan fingerprint density at radius 1 is 1.19 bits per heavy atom. The van der Waals surface area contributed by atoms with Crippen LogP contribution in [0.15, 0.2) is 54.6 Å². The summed E-state index contributed by atoms with van der Waals surface area (Å²) in [5.74, 6) is -0.648. The molecule has 12 heteroatoms. The molecule has 0 unspecified atom stereocenters. The van der Waals surface area contributed by atoms with Gasteiger partial charge in [0.15, 0.2) is 5.54 Å². The monoisotopic (exact) mass is 523 g/mol. The number of hydrogen-bond donors (Lipinski definition) is 3. The van der Waals surface area contributed by atoms with Crippen molar-refractivity contribution in [1.82, 2.24) is 25.2 Å². The van der Waals surface area contributed by atoms with E-state index in [0.717, 1.165) is 32.7 Å². The van der Waals surface area contributed by atoms with Crippen LogP contribution in [0.3, 0.4) is 0 Å². The predicted molar refractivity (Wildman–Crippen MR) is 134 cm³/mol. The Balaban J connectivity index is 1.29. The molecule has 4 amide bonds. The first-order chi connectivity index (χ1) is 17.5. The van der Waals surface area contributed by atoms with E-state index in [1.54, 1.807) is 24.3 Å². The highest BCUT2D eigenvalue weighted by molar-refractivity contribution is 7.88. The number of benzene rings is 2.